The monoisotopic (exact) mass is 299 g/mol. The molecule has 7 heteroatoms. The Balaban J connectivity index is 2.30. The number of carbonyl (C=O) groups excluding carboxylic acids is 1. The molecule has 0 radical (unpaired) electrons. The predicted molar refractivity (Wildman–Crippen MR) is 78.3 cm³/mol. The Hall–Kier alpha value is -1.44. The molecule has 1 amide bonds. The van der Waals surface area contributed by atoms with Crippen LogP contribution in [0.1, 0.15) is 18.9 Å². The van der Waals surface area contributed by atoms with Crippen molar-refractivity contribution in [1.82, 2.24) is 10.0 Å². The van der Waals surface area contributed by atoms with Crippen LogP contribution in [-0.2, 0) is 21.4 Å². The van der Waals surface area contributed by atoms with Crippen molar-refractivity contribution in [2.45, 2.75) is 25.9 Å². The highest BCUT2D eigenvalue weighted by Gasteiger charge is 2.11. The van der Waals surface area contributed by atoms with E-state index in [2.05, 4.69) is 10.0 Å². The number of amides is 1. The van der Waals surface area contributed by atoms with Crippen LogP contribution in [0.3, 0.4) is 0 Å². The van der Waals surface area contributed by atoms with E-state index >= 15 is 0 Å². The smallest absolute Gasteiger partial charge is 0.221 e. The molecular formula is C13H21N3O3S. The Morgan fingerprint density at radius 3 is 2.55 bits per heavy atom. The highest BCUT2D eigenvalue weighted by molar-refractivity contribution is 7.89. The van der Waals surface area contributed by atoms with Crippen molar-refractivity contribution in [2.24, 2.45) is 5.73 Å². The van der Waals surface area contributed by atoms with E-state index < -0.39 is 10.0 Å². The molecule has 0 saturated heterocycles. The van der Waals surface area contributed by atoms with Gasteiger partial charge in [-0.2, -0.15) is 0 Å². The fraction of sp³-hybridized carbons (Fsp3) is 0.462. The summed E-state index contributed by atoms with van der Waals surface area (Å²) in [5.41, 5.74) is 6.36. The van der Waals surface area contributed by atoms with E-state index in [1.807, 2.05) is 30.3 Å². The molecule has 4 N–H and O–H groups in total. The topological polar surface area (TPSA) is 101 Å². The number of rotatable bonds is 8. The van der Waals surface area contributed by atoms with Crippen LogP contribution in [0.5, 0.6) is 0 Å². The summed E-state index contributed by atoms with van der Waals surface area (Å²) in [6.07, 6.45) is 0.192. The van der Waals surface area contributed by atoms with Crippen LogP contribution in [0.2, 0.25) is 0 Å². The minimum atomic E-state index is -3.40. The van der Waals surface area contributed by atoms with Crippen molar-refractivity contribution >= 4 is 15.9 Å². The molecule has 1 aromatic rings. The molecule has 20 heavy (non-hydrogen) atoms. The molecular weight excluding hydrogens is 278 g/mol. The second-order valence-electron chi connectivity index (χ2n) is 4.66. The summed E-state index contributed by atoms with van der Waals surface area (Å²) in [6, 6.07) is 9.00. The van der Waals surface area contributed by atoms with Crippen LogP contribution in [0, 0.1) is 0 Å². The molecule has 0 aliphatic heterocycles. The summed E-state index contributed by atoms with van der Waals surface area (Å²) in [7, 11) is -3.40. The first-order valence-electron chi connectivity index (χ1n) is 6.42. The number of hydrogen-bond acceptors (Lipinski definition) is 4. The van der Waals surface area contributed by atoms with E-state index in [-0.39, 0.29) is 37.2 Å². The number of carbonyl (C=O) groups is 1. The van der Waals surface area contributed by atoms with Gasteiger partial charge in [-0.25, -0.2) is 13.1 Å². The lowest BCUT2D eigenvalue weighted by Crippen LogP contribution is -2.36. The molecule has 0 aliphatic rings. The first-order chi connectivity index (χ1) is 9.39. The third-order valence-corrected chi connectivity index (χ3v) is 3.87. The van der Waals surface area contributed by atoms with Crippen molar-refractivity contribution in [1.29, 1.82) is 0 Å². The van der Waals surface area contributed by atoms with Gasteiger partial charge in [0, 0.05) is 25.6 Å². The highest BCUT2D eigenvalue weighted by Crippen LogP contribution is 1.98. The standard InChI is InChI=1S/C13H21N3O3S/c1-11(14)9-13(17)15-7-8-20(18,19)16-10-12-5-3-2-4-6-12/h2-6,11,16H,7-10,14H2,1H3,(H,15,17). The lowest BCUT2D eigenvalue weighted by atomic mass is 10.2. The van der Waals surface area contributed by atoms with E-state index in [1.54, 1.807) is 6.92 Å². The first-order valence-corrected chi connectivity index (χ1v) is 8.08. The lowest BCUT2D eigenvalue weighted by molar-refractivity contribution is -0.121. The maximum absolute atomic E-state index is 11.7. The Kier molecular flexibility index (Phi) is 6.63. The second kappa shape index (κ2) is 7.98. The van der Waals surface area contributed by atoms with Crippen LogP contribution >= 0.6 is 0 Å². The van der Waals surface area contributed by atoms with Gasteiger partial charge in [0.05, 0.1) is 5.75 Å². The van der Waals surface area contributed by atoms with E-state index in [1.165, 1.54) is 0 Å². The van der Waals surface area contributed by atoms with Crippen LogP contribution < -0.4 is 15.8 Å². The van der Waals surface area contributed by atoms with Gasteiger partial charge in [0.2, 0.25) is 15.9 Å². The average Bonchev–Trinajstić information content (AvgIpc) is 2.36. The van der Waals surface area contributed by atoms with Gasteiger partial charge >= 0.3 is 0 Å². The Morgan fingerprint density at radius 1 is 1.30 bits per heavy atom. The predicted octanol–water partition coefficient (Wildman–Crippen LogP) is -0.0405. The van der Waals surface area contributed by atoms with Gasteiger partial charge in [0.25, 0.3) is 0 Å². The number of nitrogens with two attached hydrogens (primary N) is 1. The van der Waals surface area contributed by atoms with Gasteiger partial charge < -0.3 is 11.1 Å². The fourth-order valence-corrected chi connectivity index (χ4v) is 2.45. The van der Waals surface area contributed by atoms with E-state index in [4.69, 9.17) is 5.73 Å². The number of nitrogens with one attached hydrogen (secondary N) is 2. The van der Waals surface area contributed by atoms with Gasteiger partial charge in [-0.3, -0.25) is 4.79 Å². The fourth-order valence-electron chi connectivity index (χ4n) is 1.55. The number of benzene rings is 1. The summed E-state index contributed by atoms with van der Waals surface area (Å²) in [5.74, 6) is -0.386. The maximum Gasteiger partial charge on any atom is 0.221 e. The van der Waals surface area contributed by atoms with Crippen molar-refractivity contribution in [2.75, 3.05) is 12.3 Å². The van der Waals surface area contributed by atoms with Crippen molar-refractivity contribution < 1.29 is 13.2 Å². The molecule has 1 unspecified atom stereocenters. The minimum Gasteiger partial charge on any atom is -0.355 e. The minimum absolute atomic E-state index is 0.0790. The molecule has 0 aromatic heterocycles. The lowest BCUT2D eigenvalue weighted by Gasteiger charge is -2.09. The zero-order valence-electron chi connectivity index (χ0n) is 11.5. The molecule has 112 valence electrons. The molecule has 1 rings (SSSR count). The molecule has 0 aliphatic carbocycles. The average molecular weight is 299 g/mol. The van der Waals surface area contributed by atoms with Crippen molar-refractivity contribution in [3.05, 3.63) is 35.9 Å². The van der Waals surface area contributed by atoms with Crippen LogP contribution in [-0.4, -0.2) is 32.7 Å². The normalized spacial score (nSPS) is 12.9. The zero-order chi connectivity index (χ0) is 15.0. The van der Waals surface area contributed by atoms with E-state index in [9.17, 15) is 13.2 Å². The van der Waals surface area contributed by atoms with E-state index in [0.29, 0.717) is 0 Å². The number of sulfonamides is 1. The summed E-state index contributed by atoms with van der Waals surface area (Å²) >= 11 is 0. The summed E-state index contributed by atoms with van der Waals surface area (Å²) < 4.78 is 25.9. The second-order valence-corrected chi connectivity index (χ2v) is 6.58. The van der Waals surface area contributed by atoms with Crippen LogP contribution in [0.25, 0.3) is 0 Å². The molecule has 1 atom stereocenters. The summed E-state index contributed by atoms with van der Waals surface area (Å²) in [4.78, 5) is 11.3. The van der Waals surface area contributed by atoms with Gasteiger partial charge in [-0.15, -0.1) is 0 Å². The largest absolute Gasteiger partial charge is 0.355 e. The van der Waals surface area contributed by atoms with Crippen molar-refractivity contribution in [3.8, 4) is 0 Å². The van der Waals surface area contributed by atoms with Crippen LogP contribution in [0.4, 0.5) is 0 Å². The Bertz CT molecular complexity index is 515. The van der Waals surface area contributed by atoms with Gasteiger partial charge in [0.1, 0.15) is 0 Å². The van der Waals surface area contributed by atoms with E-state index in [0.717, 1.165) is 5.56 Å². The first kappa shape index (κ1) is 16.6. The Morgan fingerprint density at radius 2 is 1.95 bits per heavy atom. The molecule has 0 saturated carbocycles. The maximum atomic E-state index is 11.7. The molecule has 0 bridgehead atoms. The van der Waals surface area contributed by atoms with Gasteiger partial charge in [-0.05, 0) is 12.5 Å². The molecule has 1 aromatic carbocycles. The quantitative estimate of drug-likeness (QED) is 0.627. The molecule has 6 nitrogen and oxygen atoms in total. The zero-order valence-corrected chi connectivity index (χ0v) is 12.3. The molecule has 0 spiro atoms. The number of hydrogen-bond donors (Lipinski definition) is 3. The third-order valence-electron chi connectivity index (χ3n) is 2.54. The van der Waals surface area contributed by atoms with Gasteiger partial charge in [-0.1, -0.05) is 30.3 Å². The highest BCUT2D eigenvalue weighted by atomic mass is 32.2. The van der Waals surface area contributed by atoms with Gasteiger partial charge in [0.15, 0.2) is 0 Å². The molecule has 0 heterocycles. The SMILES string of the molecule is CC(N)CC(=O)NCCS(=O)(=O)NCc1ccccc1. The third kappa shape index (κ3) is 7.22. The summed E-state index contributed by atoms with van der Waals surface area (Å²) in [5, 5.41) is 2.53. The Labute approximate surface area is 119 Å². The summed E-state index contributed by atoms with van der Waals surface area (Å²) in [6.45, 7) is 2.05. The molecule has 0 fully saturated rings. The van der Waals surface area contributed by atoms with Crippen molar-refractivity contribution in [3.63, 3.8) is 0 Å². The van der Waals surface area contributed by atoms with Crippen LogP contribution in [0.15, 0.2) is 30.3 Å².